The molecule has 19 heavy (non-hydrogen) atoms. The molecule has 0 aliphatic heterocycles. The molecule has 0 aliphatic rings. The van der Waals surface area contributed by atoms with E-state index in [1.165, 1.54) is 4.88 Å². The maximum absolute atomic E-state index is 10.0. The second kappa shape index (κ2) is 9.48. The lowest BCUT2D eigenvalue weighted by atomic mass is 10.2. The predicted molar refractivity (Wildman–Crippen MR) is 81.6 cm³/mol. The van der Waals surface area contributed by atoms with Gasteiger partial charge in [0.25, 0.3) is 0 Å². The van der Waals surface area contributed by atoms with Crippen LogP contribution in [0.3, 0.4) is 0 Å². The van der Waals surface area contributed by atoms with Gasteiger partial charge in [-0.2, -0.15) is 0 Å². The summed E-state index contributed by atoms with van der Waals surface area (Å²) in [5.41, 5.74) is 0. The highest BCUT2D eigenvalue weighted by atomic mass is 32.1. The van der Waals surface area contributed by atoms with Gasteiger partial charge in [-0.1, -0.05) is 26.8 Å². The molecule has 3 nitrogen and oxygen atoms in total. The summed E-state index contributed by atoms with van der Waals surface area (Å²) in [5, 5.41) is 12.1. The number of hydrogen-bond donors (Lipinski definition) is 1. The number of nitrogens with zero attached hydrogens (tertiary/aromatic N) is 1. The van der Waals surface area contributed by atoms with Gasteiger partial charge in [0.2, 0.25) is 0 Å². The molecule has 1 rings (SSSR count). The first-order chi connectivity index (χ1) is 9.11. The normalized spacial score (nSPS) is 13.4. The molecule has 0 saturated carbocycles. The Morgan fingerprint density at radius 2 is 2.16 bits per heavy atom. The van der Waals surface area contributed by atoms with E-state index in [2.05, 4.69) is 43.2 Å². The van der Waals surface area contributed by atoms with E-state index in [0.29, 0.717) is 19.1 Å². The van der Waals surface area contributed by atoms with Gasteiger partial charge in [0.15, 0.2) is 0 Å². The zero-order valence-corrected chi connectivity index (χ0v) is 13.2. The zero-order valence-electron chi connectivity index (χ0n) is 12.3. The fourth-order valence-electron chi connectivity index (χ4n) is 1.96. The molecule has 0 aliphatic carbocycles. The second-order valence-electron chi connectivity index (χ2n) is 5.40. The fourth-order valence-corrected chi connectivity index (χ4v) is 2.71. The van der Waals surface area contributed by atoms with Gasteiger partial charge in [0.1, 0.15) is 0 Å². The van der Waals surface area contributed by atoms with Crippen molar-refractivity contribution in [1.82, 2.24) is 4.90 Å². The number of hydrogen-bond acceptors (Lipinski definition) is 4. The Kier molecular flexibility index (Phi) is 8.30. The van der Waals surface area contributed by atoms with Crippen molar-refractivity contribution >= 4 is 11.3 Å². The number of ether oxygens (including phenoxy) is 1. The van der Waals surface area contributed by atoms with Crippen molar-refractivity contribution < 1.29 is 9.84 Å². The van der Waals surface area contributed by atoms with E-state index in [9.17, 15) is 5.11 Å². The monoisotopic (exact) mass is 285 g/mol. The average Bonchev–Trinajstić information content (AvgIpc) is 2.81. The van der Waals surface area contributed by atoms with Crippen LogP contribution in [0.2, 0.25) is 0 Å². The minimum absolute atomic E-state index is 0.398. The predicted octanol–water partition coefficient (Wildman–Crippen LogP) is 2.99. The second-order valence-corrected chi connectivity index (χ2v) is 6.43. The molecule has 0 radical (unpaired) electrons. The lowest BCUT2D eigenvalue weighted by Gasteiger charge is -2.24. The number of aliphatic hydroxyl groups is 1. The Balaban J connectivity index is 2.31. The van der Waals surface area contributed by atoms with Crippen molar-refractivity contribution in [3.63, 3.8) is 0 Å². The molecule has 0 unspecified atom stereocenters. The summed E-state index contributed by atoms with van der Waals surface area (Å²) in [7, 11) is 0. The van der Waals surface area contributed by atoms with E-state index >= 15 is 0 Å². The van der Waals surface area contributed by atoms with E-state index in [1.54, 1.807) is 11.3 Å². The summed E-state index contributed by atoms with van der Waals surface area (Å²) < 4.78 is 5.50. The van der Waals surface area contributed by atoms with Crippen molar-refractivity contribution in [2.24, 2.45) is 5.92 Å². The van der Waals surface area contributed by atoms with Crippen LogP contribution in [0.15, 0.2) is 17.5 Å². The molecule has 1 aromatic rings. The molecule has 0 bridgehead atoms. The summed E-state index contributed by atoms with van der Waals surface area (Å²) in [4.78, 5) is 3.65. The molecule has 0 saturated heterocycles. The van der Waals surface area contributed by atoms with Crippen molar-refractivity contribution in [2.45, 2.75) is 39.8 Å². The third-order valence-electron chi connectivity index (χ3n) is 2.73. The first-order valence-electron chi connectivity index (χ1n) is 7.12. The number of rotatable bonds is 10. The quantitative estimate of drug-likeness (QED) is 0.717. The van der Waals surface area contributed by atoms with Crippen LogP contribution in [0.4, 0.5) is 0 Å². The van der Waals surface area contributed by atoms with Crippen molar-refractivity contribution in [1.29, 1.82) is 0 Å². The minimum atomic E-state index is -0.398. The van der Waals surface area contributed by atoms with Crippen LogP contribution in [0.5, 0.6) is 0 Å². The maximum atomic E-state index is 10.0. The van der Waals surface area contributed by atoms with Gasteiger partial charge in [-0.3, -0.25) is 4.90 Å². The summed E-state index contributed by atoms with van der Waals surface area (Å²) in [6, 6.07) is 4.22. The molecule has 1 heterocycles. The van der Waals surface area contributed by atoms with Crippen LogP contribution in [-0.2, 0) is 11.3 Å². The Bertz CT molecular complexity index is 314. The Hall–Kier alpha value is -0.420. The smallest absolute Gasteiger partial charge is 0.0900 e. The lowest BCUT2D eigenvalue weighted by molar-refractivity contribution is 0.00706. The van der Waals surface area contributed by atoms with Crippen molar-refractivity contribution in [2.75, 3.05) is 26.3 Å². The molecule has 0 spiro atoms. The van der Waals surface area contributed by atoms with Crippen LogP contribution in [0, 0.1) is 5.92 Å². The molecule has 1 atom stereocenters. The zero-order chi connectivity index (χ0) is 14.1. The van der Waals surface area contributed by atoms with E-state index in [-0.39, 0.29) is 0 Å². The summed E-state index contributed by atoms with van der Waals surface area (Å²) in [6.07, 6.45) is 0.704. The minimum Gasteiger partial charge on any atom is -0.389 e. The number of thiophene rings is 1. The van der Waals surface area contributed by atoms with Gasteiger partial charge in [-0.05, 0) is 30.3 Å². The third kappa shape index (κ3) is 7.67. The van der Waals surface area contributed by atoms with Crippen LogP contribution in [-0.4, -0.2) is 42.4 Å². The van der Waals surface area contributed by atoms with E-state index in [4.69, 9.17) is 4.74 Å². The van der Waals surface area contributed by atoms with E-state index in [0.717, 1.165) is 26.1 Å². The van der Waals surface area contributed by atoms with Crippen LogP contribution in [0.1, 0.15) is 32.1 Å². The first kappa shape index (κ1) is 16.6. The molecular formula is C15H27NO2S. The summed E-state index contributed by atoms with van der Waals surface area (Å²) >= 11 is 1.77. The SMILES string of the molecule is CCCN(Cc1cccs1)C[C@@H](O)COCC(C)C. The third-order valence-corrected chi connectivity index (χ3v) is 3.59. The Labute approximate surface area is 121 Å². The highest BCUT2D eigenvalue weighted by Crippen LogP contribution is 2.12. The van der Waals surface area contributed by atoms with Crippen LogP contribution < -0.4 is 0 Å². The topological polar surface area (TPSA) is 32.7 Å². The largest absolute Gasteiger partial charge is 0.389 e. The summed E-state index contributed by atoms with van der Waals surface area (Å²) in [5.74, 6) is 0.519. The Morgan fingerprint density at radius 3 is 2.74 bits per heavy atom. The van der Waals surface area contributed by atoms with Gasteiger partial charge in [-0.25, -0.2) is 0 Å². The van der Waals surface area contributed by atoms with E-state index in [1.807, 2.05) is 0 Å². The van der Waals surface area contributed by atoms with E-state index < -0.39 is 6.10 Å². The Morgan fingerprint density at radius 1 is 1.37 bits per heavy atom. The average molecular weight is 285 g/mol. The molecule has 0 amide bonds. The van der Waals surface area contributed by atoms with Gasteiger partial charge in [-0.15, -0.1) is 11.3 Å². The molecule has 1 N–H and O–H groups in total. The standard InChI is InChI=1S/C15H27NO2S/c1-4-7-16(10-15-6-5-8-19-15)9-14(17)12-18-11-13(2)3/h5-6,8,13-14,17H,4,7,9-12H2,1-3H3/t14-/m1/s1. The highest BCUT2D eigenvalue weighted by molar-refractivity contribution is 7.09. The fraction of sp³-hybridized carbons (Fsp3) is 0.733. The lowest BCUT2D eigenvalue weighted by Crippen LogP contribution is -2.35. The molecule has 0 fully saturated rings. The van der Waals surface area contributed by atoms with Gasteiger partial charge in [0.05, 0.1) is 12.7 Å². The van der Waals surface area contributed by atoms with Crippen molar-refractivity contribution in [3.8, 4) is 0 Å². The molecule has 110 valence electrons. The van der Waals surface area contributed by atoms with Gasteiger partial charge < -0.3 is 9.84 Å². The highest BCUT2D eigenvalue weighted by Gasteiger charge is 2.12. The van der Waals surface area contributed by atoms with Crippen LogP contribution >= 0.6 is 11.3 Å². The molecule has 1 aromatic heterocycles. The van der Waals surface area contributed by atoms with Crippen molar-refractivity contribution in [3.05, 3.63) is 22.4 Å². The van der Waals surface area contributed by atoms with Crippen LogP contribution in [0.25, 0.3) is 0 Å². The maximum Gasteiger partial charge on any atom is 0.0900 e. The van der Waals surface area contributed by atoms with Gasteiger partial charge >= 0.3 is 0 Å². The number of aliphatic hydroxyl groups excluding tert-OH is 1. The summed E-state index contributed by atoms with van der Waals surface area (Å²) in [6.45, 7) is 10.2. The molecule has 0 aromatic carbocycles. The first-order valence-corrected chi connectivity index (χ1v) is 8.00. The molecule has 4 heteroatoms. The van der Waals surface area contributed by atoms with Gasteiger partial charge in [0, 0.05) is 24.6 Å². The molecular weight excluding hydrogens is 258 g/mol.